The maximum absolute atomic E-state index is 10.9. The number of hydrogen-bond acceptors (Lipinski definition) is 4. The Bertz CT molecular complexity index is 594. The number of methoxy groups -OCH3 is 1. The van der Waals surface area contributed by atoms with Gasteiger partial charge in [-0.1, -0.05) is 24.3 Å². The molecular weight excluding hydrogens is 254 g/mol. The second-order valence-electron chi connectivity index (χ2n) is 3.94. The van der Waals surface area contributed by atoms with Crippen LogP contribution in [-0.2, 0) is 9.53 Å². The Morgan fingerprint density at radius 1 is 1.05 bits per heavy atom. The number of para-hydroxylation sites is 1. The molecule has 0 aliphatic carbocycles. The largest absolute Gasteiger partial charge is 0.466 e. The smallest absolute Gasteiger partial charge is 0.331 e. The highest BCUT2D eigenvalue weighted by atomic mass is 16.5. The van der Waals surface area contributed by atoms with Gasteiger partial charge in [0, 0.05) is 24.0 Å². The fourth-order valence-electron chi connectivity index (χ4n) is 1.55. The van der Waals surface area contributed by atoms with Crippen molar-refractivity contribution in [2.75, 3.05) is 12.4 Å². The molecule has 0 aliphatic heterocycles. The number of nitrogens with one attached hydrogen (secondary N) is 1. The van der Waals surface area contributed by atoms with E-state index in [0.717, 1.165) is 11.4 Å². The van der Waals surface area contributed by atoms with Crippen LogP contribution in [0.5, 0.6) is 11.5 Å². The molecule has 0 radical (unpaired) electrons. The minimum Gasteiger partial charge on any atom is -0.466 e. The molecule has 0 atom stereocenters. The Labute approximate surface area is 117 Å². The van der Waals surface area contributed by atoms with Crippen LogP contribution in [0.2, 0.25) is 0 Å². The minimum absolute atomic E-state index is 0.408. The number of benzene rings is 2. The maximum atomic E-state index is 10.9. The second kappa shape index (κ2) is 6.99. The number of carbonyl (C=O) groups is 1. The molecule has 0 unspecified atom stereocenters. The highest BCUT2D eigenvalue weighted by Crippen LogP contribution is 2.23. The lowest BCUT2D eigenvalue weighted by molar-refractivity contribution is -0.134. The van der Waals surface area contributed by atoms with Crippen LogP contribution in [0.1, 0.15) is 0 Å². The molecule has 0 heterocycles. The van der Waals surface area contributed by atoms with E-state index in [9.17, 15) is 4.79 Å². The van der Waals surface area contributed by atoms with Gasteiger partial charge < -0.3 is 14.8 Å². The van der Waals surface area contributed by atoms with E-state index >= 15 is 0 Å². The number of anilines is 1. The summed E-state index contributed by atoms with van der Waals surface area (Å²) in [6.45, 7) is 0. The molecule has 1 N–H and O–H groups in total. The highest BCUT2D eigenvalue weighted by molar-refractivity contribution is 5.82. The third-order valence-electron chi connectivity index (χ3n) is 2.48. The zero-order chi connectivity index (χ0) is 14.2. The number of esters is 1. The van der Waals surface area contributed by atoms with E-state index in [1.54, 1.807) is 0 Å². The monoisotopic (exact) mass is 269 g/mol. The molecule has 0 aromatic heterocycles. The van der Waals surface area contributed by atoms with E-state index in [4.69, 9.17) is 4.74 Å². The Kier molecular flexibility index (Phi) is 4.78. The van der Waals surface area contributed by atoms with E-state index in [2.05, 4.69) is 10.1 Å². The van der Waals surface area contributed by atoms with Crippen molar-refractivity contribution in [3.63, 3.8) is 0 Å². The van der Waals surface area contributed by atoms with E-state index in [1.807, 2.05) is 54.6 Å². The van der Waals surface area contributed by atoms with Crippen molar-refractivity contribution < 1.29 is 14.3 Å². The van der Waals surface area contributed by atoms with Gasteiger partial charge in [0.2, 0.25) is 0 Å². The fourth-order valence-corrected chi connectivity index (χ4v) is 1.55. The number of hydrogen-bond donors (Lipinski definition) is 1. The van der Waals surface area contributed by atoms with Gasteiger partial charge in [-0.15, -0.1) is 0 Å². The summed E-state index contributed by atoms with van der Waals surface area (Å²) in [5.74, 6) is 1.08. The van der Waals surface area contributed by atoms with E-state index < -0.39 is 5.97 Å². The van der Waals surface area contributed by atoms with Crippen LogP contribution in [0.3, 0.4) is 0 Å². The molecule has 0 bridgehead atoms. The van der Waals surface area contributed by atoms with Crippen LogP contribution in [0.25, 0.3) is 0 Å². The zero-order valence-electron chi connectivity index (χ0n) is 11.1. The molecule has 4 heteroatoms. The summed E-state index contributed by atoms with van der Waals surface area (Å²) >= 11 is 0. The first-order valence-corrected chi connectivity index (χ1v) is 6.12. The van der Waals surface area contributed by atoms with Crippen molar-refractivity contribution in [1.29, 1.82) is 0 Å². The van der Waals surface area contributed by atoms with Gasteiger partial charge in [0.25, 0.3) is 0 Å². The van der Waals surface area contributed by atoms with Crippen molar-refractivity contribution in [3.8, 4) is 11.5 Å². The normalized spacial score (nSPS) is 10.2. The molecule has 2 aromatic carbocycles. The summed E-state index contributed by atoms with van der Waals surface area (Å²) in [5, 5.41) is 2.97. The SMILES string of the molecule is COC(=O)/C=C/Nc1cccc(Oc2ccccc2)c1. The van der Waals surface area contributed by atoms with Crippen molar-refractivity contribution in [1.82, 2.24) is 0 Å². The predicted octanol–water partition coefficient (Wildman–Crippen LogP) is 3.58. The molecule has 0 fully saturated rings. The molecule has 2 aromatic rings. The van der Waals surface area contributed by atoms with Gasteiger partial charge in [-0.05, 0) is 24.3 Å². The first-order valence-electron chi connectivity index (χ1n) is 6.12. The summed E-state index contributed by atoms with van der Waals surface area (Å²) in [6.07, 6.45) is 2.83. The molecule has 0 amide bonds. The minimum atomic E-state index is -0.408. The fraction of sp³-hybridized carbons (Fsp3) is 0.0625. The molecule has 102 valence electrons. The molecule has 4 nitrogen and oxygen atoms in total. The van der Waals surface area contributed by atoms with Crippen LogP contribution < -0.4 is 10.1 Å². The van der Waals surface area contributed by atoms with Gasteiger partial charge in [-0.2, -0.15) is 0 Å². The standard InChI is InChI=1S/C16H15NO3/c1-19-16(18)10-11-17-13-6-5-9-15(12-13)20-14-7-3-2-4-8-14/h2-12,17H,1H3/b11-10+. The molecule has 20 heavy (non-hydrogen) atoms. The maximum Gasteiger partial charge on any atom is 0.331 e. The second-order valence-corrected chi connectivity index (χ2v) is 3.94. The van der Waals surface area contributed by atoms with Crippen LogP contribution >= 0.6 is 0 Å². The van der Waals surface area contributed by atoms with Crippen molar-refractivity contribution >= 4 is 11.7 Å². The lowest BCUT2D eigenvalue weighted by Crippen LogP contribution is -1.96. The quantitative estimate of drug-likeness (QED) is 0.665. The van der Waals surface area contributed by atoms with Crippen molar-refractivity contribution in [2.24, 2.45) is 0 Å². The average Bonchev–Trinajstić information content (AvgIpc) is 2.48. The van der Waals surface area contributed by atoms with Gasteiger partial charge >= 0.3 is 5.97 Å². The van der Waals surface area contributed by atoms with Crippen LogP contribution in [0, 0.1) is 0 Å². The van der Waals surface area contributed by atoms with Gasteiger partial charge in [-0.3, -0.25) is 0 Å². The first kappa shape index (κ1) is 13.7. The van der Waals surface area contributed by atoms with Crippen molar-refractivity contribution in [3.05, 3.63) is 66.9 Å². The molecule has 0 spiro atoms. The highest BCUT2D eigenvalue weighted by Gasteiger charge is 1.98. The molecular formula is C16H15NO3. The Hall–Kier alpha value is -2.75. The third kappa shape index (κ3) is 4.17. The zero-order valence-corrected chi connectivity index (χ0v) is 11.1. The summed E-state index contributed by atoms with van der Waals surface area (Å²) < 4.78 is 10.2. The lowest BCUT2D eigenvalue weighted by atomic mass is 10.3. The summed E-state index contributed by atoms with van der Waals surface area (Å²) in [5.41, 5.74) is 0.818. The summed E-state index contributed by atoms with van der Waals surface area (Å²) in [7, 11) is 1.33. The summed E-state index contributed by atoms with van der Waals surface area (Å²) in [4.78, 5) is 10.9. The molecule has 0 saturated carbocycles. The van der Waals surface area contributed by atoms with E-state index in [1.165, 1.54) is 19.4 Å². The van der Waals surface area contributed by atoms with Crippen LogP contribution in [-0.4, -0.2) is 13.1 Å². The molecule has 0 aliphatic rings. The van der Waals surface area contributed by atoms with Gasteiger partial charge in [-0.25, -0.2) is 4.79 Å². The Morgan fingerprint density at radius 2 is 1.80 bits per heavy atom. The predicted molar refractivity (Wildman–Crippen MR) is 77.7 cm³/mol. The summed E-state index contributed by atoms with van der Waals surface area (Å²) in [6, 6.07) is 17.0. The number of carbonyl (C=O) groups excluding carboxylic acids is 1. The van der Waals surface area contributed by atoms with E-state index in [0.29, 0.717) is 5.75 Å². The van der Waals surface area contributed by atoms with Crippen LogP contribution in [0.15, 0.2) is 66.9 Å². The van der Waals surface area contributed by atoms with Gasteiger partial charge in [0.1, 0.15) is 11.5 Å². The first-order chi connectivity index (χ1) is 9.78. The molecule has 0 saturated heterocycles. The van der Waals surface area contributed by atoms with E-state index in [-0.39, 0.29) is 0 Å². The van der Waals surface area contributed by atoms with Crippen molar-refractivity contribution in [2.45, 2.75) is 0 Å². The topological polar surface area (TPSA) is 47.6 Å². The van der Waals surface area contributed by atoms with Gasteiger partial charge in [0.15, 0.2) is 0 Å². The van der Waals surface area contributed by atoms with Crippen LogP contribution in [0.4, 0.5) is 5.69 Å². The number of rotatable bonds is 5. The number of ether oxygens (including phenoxy) is 2. The molecule has 2 rings (SSSR count). The lowest BCUT2D eigenvalue weighted by Gasteiger charge is -2.07. The average molecular weight is 269 g/mol. The van der Waals surface area contributed by atoms with Gasteiger partial charge in [0.05, 0.1) is 7.11 Å². The third-order valence-corrected chi connectivity index (χ3v) is 2.48. The Morgan fingerprint density at radius 3 is 2.55 bits per heavy atom. The Balaban J connectivity index is 2.01.